The topological polar surface area (TPSA) is 67.9 Å². The number of hydrogen-bond acceptors (Lipinski definition) is 5. The van der Waals surface area contributed by atoms with Crippen molar-refractivity contribution in [2.75, 3.05) is 18.0 Å². The molecule has 3 rings (SSSR count). The molecule has 1 fully saturated rings. The van der Waals surface area contributed by atoms with Crippen LogP contribution in [0.2, 0.25) is 0 Å². The molecular weight excluding hydrogens is 226 g/mol. The van der Waals surface area contributed by atoms with Crippen LogP contribution in [0.4, 0.5) is 5.82 Å². The molecule has 1 atom stereocenters. The van der Waals surface area contributed by atoms with Gasteiger partial charge < -0.3 is 10.6 Å². The maximum Gasteiger partial charge on any atom is 0.151 e. The van der Waals surface area contributed by atoms with Crippen molar-refractivity contribution in [2.45, 2.75) is 12.5 Å². The van der Waals surface area contributed by atoms with E-state index >= 15 is 0 Å². The van der Waals surface area contributed by atoms with Crippen LogP contribution in [0.5, 0.6) is 0 Å². The molecule has 0 amide bonds. The van der Waals surface area contributed by atoms with Crippen LogP contribution in [0.3, 0.4) is 0 Å². The molecule has 3 heterocycles. The Balaban J connectivity index is 1.81. The molecule has 5 nitrogen and oxygen atoms in total. The van der Waals surface area contributed by atoms with Gasteiger partial charge in [-0.3, -0.25) is 4.98 Å². The van der Waals surface area contributed by atoms with E-state index in [2.05, 4.69) is 20.1 Å². The Labute approximate surface area is 106 Å². The van der Waals surface area contributed by atoms with E-state index in [1.165, 1.54) is 0 Å². The van der Waals surface area contributed by atoms with Crippen LogP contribution in [-0.4, -0.2) is 34.3 Å². The summed E-state index contributed by atoms with van der Waals surface area (Å²) in [6.45, 7) is 1.83. The highest BCUT2D eigenvalue weighted by Crippen LogP contribution is 2.20. The van der Waals surface area contributed by atoms with Gasteiger partial charge in [-0.25, -0.2) is 0 Å². The molecule has 2 aromatic rings. The molecule has 0 aliphatic carbocycles. The van der Waals surface area contributed by atoms with Crippen LogP contribution in [0.15, 0.2) is 36.7 Å². The first-order valence-electron chi connectivity index (χ1n) is 6.07. The molecule has 2 aromatic heterocycles. The molecule has 5 heteroatoms. The van der Waals surface area contributed by atoms with Crippen LogP contribution in [-0.2, 0) is 0 Å². The molecule has 1 unspecified atom stereocenters. The summed E-state index contributed by atoms with van der Waals surface area (Å²) < 4.78 is 0. The Morgan fingerprint density at radius 3 is 2.56 bits per heavy atom. The van der Waals surface area contributed by atoms with Gasteiger partial charge in [0, 0.05) is 37.1 Å². The van der Waals surface area contributed by atoms with E-state index in [0.29, 0.717) is 0 Å². The lowest BCUT2D eigenvalue weighted by Crippen LogP contribution is -2.27. The summed E-state index contributed by atoms with van der Waals surface area (Å²) in [6, 6.07) is 8.10. The zero-order valence-electron chi connectivity index (χ0n) is 10.0. The van der Waals surface area contributed by atoms with Gasteiger partial charge in [0.1, 0.15) is 0 Å². The average Bonchev–Trinajstić information content (AvgIpc) is 2.87. The quantitative estimate of drug-likeness (QED) is 0.852. The zero-order chi connectivity index (χ0) is 12.4. The lowest BCUT2D eigenvalue weighted by atomic mass is 10.2. The predicted molar refractivity (Wildman–Crippen MR) is 70.1 cm³/mol. The number of hydrogen-bond donors (Lipinski definition) is 1. The van der Waals surface area contributed by atoms with Crippen molar-refractivity contribution < 1.29 is 0 Å². The third kappa shape index (κ3) is 2.17. The normalized spacial score (nSPS) is 19.2. The van der Waals surface area contributed by atoms with Crippen LogP contribution < -0.4 is 10.6 Å². The molecular formula is C13H15N5. The third-order valence-corrected chi connectivity index (χ3v) is 3.18. The first-order chi connectivity index (χ1) is 8.83. The second-order valence-electron chi connectivity index (χ2n) is 4.51. The first-order valence-corrected chi connectivity index (χ1v) is 6.07. The zero-order valence-corrected chi connectivity index (χ0v) is 10.0. The van der Waals surface area contributed by atoms with Crippen LogP contribution >= 0.6 is 0 Å². The van der Waals surface area contributed by atoms with Gasteiger partial charge in [0.25, 0.3) is 0 Å². The number of aromatic nitrogens is 3. The molecule has 1 aliphatic heterocycles. The Morgan fingerprint density at radius 1 is 1.11 bits per heavy atom. The van der Waals surface area contributed by atoms with Gasteiger partial charge in [-0.15, -0.1) is 10.2 Å². The summed E-state index contributed by atoms with van der Waals surface area (Å²) in [5.74, 6) is 0.903. The highest BCUT2D eigenvalue weighted by atomic mass is 15.3. The van der Waals surface area contributed by atoms with E-state index in [9.17, 15) is 0 Å². The molecule has 1 saturated heterocycles. The Bertz CT molecular complexity index is 511. The Kier molecular flexibility index (Phi) is 2.90. The van der Waals surface area contributed by atoms with Gasteiger partial charge in [-0.1, -0.05) is 0 Å². The smallest absolute Gasteiger partial charge is 0.151 e. The maximum absolute atomic E-state index is 5.89. The second kappa shape index (κ2) is 4.70. The molecule has 0 radical (unpaired) electrons. The van der Waals surface area contributed by atoms with E-state index in [1.54, 1.807) is 12.4 Å². The lowest BCUT2D eigenvalue weighted by molar-refractivity contribution is 0.750. The van der Waals surface area contributed by atoms with E-state index in [4.69, 9.17) is 5.73 Å². The Morgan fingerprint density at radius 2 is 1.94 bits per heavy atom. The molecule has 0 spiro atoms. The van der Waals surface area contributed by atoms with E-state index in [0.717, 1.165) is 36.6 Å². The van der Waals surface area contributed by atoms with Crippen LogP contribution in [0.25, 0.3) is 11.3 Å². The van der Waals surface area contributed by atoms with Gasteiger partial charge in [0.2, 0.25) is 0 Å². The lowest BCUT2D eigenvalue weighted by Gasteiger charge is -2.15. The van der Waals surface area contributed by atoms with E-state index in [1.807, 2.05) is 24.3 Å². The van der Waals surface area contributed by atoms with Gasteiger partial charge in [-0.05, 0) is 30.7 Å². The number of nitrogens with two attached hydrogens (primary N) is 1. The largest absolute Gasteiger partial charge is 0.354 e. The SMILES string of the molecule is NC1CCN(c2ccc(-c3ccncc3)nn2)C1. The highest BCUT2D eigenvalue weighted by molar-refractivity contribution is 5.58. The number of rotatable bonds is 2. The van der Waals surface area contributed by atoms with Gasteiger partial charge in [0.15, 0.2) is 5.82 Å². The minimum absolute atomic E-state index is 0.256. The van der Waals surface area contributed by atoms with Crippen molar-refractivity contribution in [1.82, 2.24) is 15.2 Å². The van der Waals surface area contributed by atoms with Crippen molar-refractivity contribution in [2.24, 2.45) is 5.73 Å². The fraction of sp³-hybridized carbons (Fsp3) is 0.308. The van der Waals surface area contributed by atoms with Crippen molar-refractivity contribution in [3.8, 4) is 11.3 Å². The maximum atomic E-state index is 5.89. The van der Waals surface area contributed by atoms with Crippen molar-refractivity contribution in [1.29, 1.82) is 0 Å². The molecule has 1 aliphatic rings. The number of anilines is 1. The molecule has 92 valence electrons. The van der Waals surface area contributed by atoms with E-state index in [-0.39, 0.29) is 6.04 Å². The van der Waals surface area contributed by atoms with Gasteiger partial charge >= 0.3 is 0 Å². The highest BCUT2D eigenvalue weighted by Gasteiger charge is 2.20. The summed E-state index contributed by atoms with van der Waals surface area (Å²) in [5.41, 5.74) is 7.78. The monoisotopic (exact) mass is 241 g/mol. The minimum atomic E-state index is 0.256. The molecule has 18 heavy (non-hydrogen) atoms. The van der Waals surface area contributed by atoms with E-state index < -0.39 is 0 Å². The summed E-state index contributed by atoms with van der Waals surface area (Å²) in [6.07, 6.45) is 4.53. The first kappa shape index (κ1) is 11.1. The summed E-state index contributed by atoms with van der Waals surface area (Å²) in [7, 11) is 0. The fourth-order valence-electron chi connectivity index (χ4n) is 2.17. The molecule has 0 saturated carbocycles. The Hall–Kier alpha value is -2.01. The predicted octanol–water partition coefficient (Wildman–Crippen LogP) is 1.08. The minimum Gasteiger partial charge on any atom is -0.354 e. The van der Waals surface area contributed by atoms with Crippen molar-refractivity contribution in [3.05, 3.63) is 36.7 Å². The van der Waals surface area contributed by atoms with Crippen LogP contribution in [0, 0.1) is 0 Å². The van der Waals surface area contributed by atoms with Crippen molar-refractivity contribution in [3.63, 3.8) is 0 Å². The third-order valence-electron chi connectivity index (χ3n) is 3.18. The summed E-state index contributed by atoms with van der Waals surface area (Å²) in [5, 5.41) is 8.53. The molecule has 0 aromatic carbocycles. The summed E-state index contributed by atoms with van der Waals surface area (Å²) >= 11 is 0. The van der Waals surface area contributed by atoms with Gasteiger partial charge in [-0.2, -0.15) is 0 Å². The second-order valence-corrected chi connectivity index (χ2v) is 4.51. The summed E-state index contributed by atoms with van der Waals surface area (Å²) in [4.78, 5) is 6.16. The number of nitrogens with zero attached hydrogens (tertiary/aromatic N) is 4. The van der Waals surface area contributed by atoms with Gasteiger partial charge in [0.05, 0.1) is 5.69 Å². The number of pyridine rings is 1. The molecule has 0 bridgehead atoms. The van der Waals surface area contributed by atoms with Crippen molar-refractivity contribution >= 4 is 5.82 Å². The standard InChI is InChI=1S/C13H15N5/c14-11-5-8-18(9-11)13-2-1-12(16-17-13)10-3-6-15-7-4-10/h1-4,6-7,11H,5,8-9,14H2. The molecule has 2 N–H and O–H groups in total. The average molecular weight is 241 g/mol. The van der Waals surface area contributed by atoms with Crippen LogP contribution in [0.1, 0.15) is 6.42 Å². The fourth-order valence-corrected chi connectivity index (χ4v) is 2.17.